The van der Waals surface area contributed by atoms with Crippen LogP contribution >= 0.6 is 0 Å². The highest BCUT2D eigenvalue weighted by Crippen LogP contribution is 2.29. The number of hydrogen-bond donors (Lipinski definition) is 1. The molecule has 3 aromatic heterocycles. The van der Waals surface area contributed by atoms with Gasteiger partial charge in [0.05, 0.1) is 26.0 Å². The van der Waals surface area contributed by atoms with Crippen molar-refractivity contribution in [3.05, 3.63) is 54.1 Å². The van der Waals surface area contributed by atoms with E-state index >= 15 is 0 Å². The molecule has 0 radical (unpaired) electrons. The van der Waals surface area contributed by atoms with Gasteiger partial charge in [0.2, 0.25) is 0 Å². The molecule has 0 fully saturated rings. The van der Waals surface area contributed by atoms with Crippen molar-refractivity contribution in [2.75, 3.05) is 39.6 Å². The minimum atomic E-state index is -0.460. The van der Waals surface area contributed by atoms with E-state index in [1.165, 1.54) is 6.07 Å². The van der Waals surface area contributed by atoms with E-state index in [0.29, 0.717) is 42.3 Å². The van der Waals surface area contributed by atoms with Gasteiger partial charge < -0.3 is 24.7 Å². The zero-order valence-electron chi connectivity index (χ0n) is 19.5. The van der Waals surface area contributed by atoms with Crippen molar-refractivity contribution in [3.63, 3.8) is 0 Å². The Morgan fingerprint density at radius 2 is 1.94 bits per heavy atom. The molecule has 0 saturated carbocycles. The van der Waals surface area contributed by atoms with Gasteiger partial charge in [-0.25, -0.2) is 9.37 Å². The predicted octanol–water partition coefficient (Wildman–Crippen LogP) is 3.39. The number of nitrogens with zero attached hydrogens (tertiary/aromatic N) is 6. The lowest BCUT2D eigenvalue weighted by atomic mass is 10.2. The average molecular weight is 466 g/mol. The van der Waals surface area contributed by atoms with Gasteiger partial charge >= 0.3 is 6.01 Å². The van der Waals surface area contributed by atoms with Crippen LogP contribution in [0, 0.1) is 5.82 Å². The van der Waals surface area contributed by atoms with E-state index in [1.54, 1.807) is 6.20 Å². The first kappa shape index (κ1) is 23.4. The molecule has 0 amide bonds. The number of nitrogens with two attached hydrogens (primary N) is 1. The fraction of sp³-hybridized carbons (Fsp3) is 0.333. The van der Waals surface area contributed by atoms with Crippen LogP contribution in [0.3, 0.4) is 0 Å². The third-order valence-corrected chi connectivity index (χ3v) is 5.10. The molecule has 0 spiro atoms. The Hall–Kier alpha value is -3.79. The molecule has 4 rings (SSSR count). The van der Waals surface area contributed by atoms with Crippen LogP contribution in [-0.4, -0.2) is 63.3 Å². The SMILES string of the molecule is CCOc1nc(N)c2nc(-c3cncc(F)c3)n(Cc3cccc(OCCCN(C)C)c3)c2n1. The number of imidazole rings is 1. The van der Waals surface area contributed by atoms with Gasteiger partial charge in [-0.05, 0) is 51.2 Å². The van der Waals surface area contributed by atoms with Crippen molar-refractivity contribution >= 4 is 17.0 Å². The Morgan fingerprint density at radius 1 is 1.09 bits per heavy atom. The van der Waals surface area contributed by atoms with Crippen LogP contribution in [0.25, 0.3) is 22.6 Å². The standard InChI is InChI=1S/C24H28FN7O2/c1-4-33-24-29-21(26)20-23(30-24)32(22(28-20)17-12-18(25)14-27-13-17)15-16-7-5-8-19(11-16)34-10-6-9-31(2)3/h5,7-8,11-14H,4,6,9-10,15H2,1-3H3,(H2,26,29,30). The summed E-state index contributed by atoms with van der Waals surface area (Å²) in [5.41, 5.74) is 8.54. The summed E-state index contributed by atoms with van der Waals surface area (Å²) >= 11 is 0. The monoisotopic (exact) mass is 465 g/mol. The smallest absolute Gasteiger partial charge is 0.320 e. The van der Waals surface area contributed by atoms with Crippen LogP contribution in [-0.2, 0) is 6.54 Å². The van der Waals surface area contributed by atoms with Crippen molar-refractivity contribution < 1.29 is 13.9 Å². The molecule has 0 atom stereocenters. The Balaban J connectivity index is 1.72. The quantitative estimate of drug-likeness (QED) is 0.356. The van der Waals surface area contributed by atoms with Gasteiger partial charge in [0.15, 0.2) is 17.0 Å². The number of hydrogen-bond acceptors (Lipinski definition) is 8. The lowest BCUT2D eigenvalue weighted by Crippen LogP contribution is -2.15. The van der Waals surface area contributed by atoms with Crippen molar-refractivity contribution in [2.24, 2.45) is 0 Å². The van der Waals surface area contributed by atoms with Gasteiger partial charge in [-0.1, -0.05) is 12.1 Å². The van der Waals surface area contributed by atoms with Crippen LogP contribution in [0.1, 0.15) is 18.9 Å². The maximum atomic E-state index is 14.0. The molecule has 3 heterocycles. The van der Waals surface area contributed by atoms with E-state index in [-0.39, 0.29) is 11.8 Å². The molecule has 2 N–H and O–H groups in total. The Kier molecular flexibility index (Phi) is 7.17. The lowest BCUT2D eigenvalue weighted by molar-refractivity contribution is 0.281. The summed E-state index contributed by atoms with van der Waals surface area (Å²) in [6.45, 7) is 4.22. The van der Waals surface area contributed by atoms with Crippen molar-refractivity contribution in [1.29, 1.82) is 0 Å². The molecule has 1 aromatic carbocycles. The van der Waals surface area contributed by atoms with Crippen LogP contribution in [0.5, 0.6) is 11.8 Å². The highest BCUT2D eigenvalue weighted by molar-refractivity contribution is 5.85. The number of pyridine rings is 1. The van der Waals surface area contributed by atoms with E-state index in [9.17, 15) is 4.39 Å². The number of ether oxygens (including phenoxy) is 2. The molecule has 178 valence electrons. The van der Waals surface area contributed by atoms with E-state index < -0.39 is 5.82 Å². The number of benzene rings is 1. The number of fused-ring (bicyclic) bond motifs is 1. The third-order valence-electron chi connectivity index (χ3n) is 5.10. The molecule has 0 unspecified atom stereocenters. The Bertz CT molecular complexity index is 1280. The van der Waals surface area contributed by atoms with Gasteiger partial charge in [0.1, 0.15) is 17.4 Å². The third kappa shape index (κ3) is 5.40. The van der Waals surface area contributed by atoms with Crippen LogP contribution in [0.2, 0.25) is 0 Å². The molecule has 10 heteroatoms. The van der Waals surface area contributed by atoms with Gasteiger partial charge in [0.25, 0.3) is 0 Å². The van der Waals surface area contributed by atoms with E-state index in [2.05, 4.69) is 24.8 Å². The van der Waals surface area contributed by atoms with Crippen LogP contribution < -0.4 is 15.2 Å². The zero-order chi connectivity index (χ0) is 24.1. The van der Waals surface area contributed by atoms with Crippen molar-refractivity contribution in [2.45, 2.75) is 19.9 Å². The highest BCUT2D eigenvalue weighted by Gasteiger charge is 2.19. The molecular weight excluding hydrogens is 437 g/mol. The summed E-state index contributed by atoms with van der Waals surface area (Å²) in [6, 6.07) is 9.37. The molecule has 0 bridgehead atoms. The second-order valence-electron chi connectivity index (χ2n) is 8.06. The second kappa shape index (κ2) is 10.4. The number of rotatable bonds is 10. The van der Waals surface area contributed by atoms with Gasteiger partial charge in [-0.2, -0.15) is 9.97 Å². The number of aromatic nitrogens is 5. The number of anilines is 1. The molecule has 0 aliphatic heterocycles. The second-order valence-corrected chi connectivity index (χ2v) is 8.06. The predicted molar refractivity (Wildman–Crippen MR) is 128 cm³/mol. The Labute approximate surface area is 197 Å². The van der Waals surface area contributed by atoms with Crippen LogP contribution in [0.15, 0.2) is 42.7 Å². The fourth-order valence-electron chi connectivity index (χ4n) is 3.59. The topological polar surface area (TPSA) is 104 Å². The van der Waals surface area contributed by atoms with Crippen molar-refractivity contribution in [1.82, 2.24) is 29.4 Å². The van der Waals surface area contributed by atoms with E-state index in [1.807, 2.05) is 49.9 Å². The van der Waals surface area contributed by atoms with E-state index in [4.69, 9.17) is 15.2 Å². The van der Waals surface area contributed by atoms with Gasteiger partial charge in [-0.3, -0.25) is 4.98 Å². The number of nitrogen functional groups attached to an aromatic ring is 1. The fourth-order valence-corrected chi connectivity index (χ4v) is 3.59. The molecular formula is C24H28FN7O2. The summed E-state index contributed by atoms with van der Waals surface area (Å²) in [7, 11) is 4.07. The average Bonchev–Trinajstić information content (AvgIpc) is 3.16. The molecule has 0 aliphatic carbocycles. The first-order valence-corrected chi connectivity index (χ1v) is 11.1. The molecule has 9 nitrogen and oxygen atoms in total. The minimum Gasteiger partial charge on any atom is -0.494 e. The van der Waals surface area contributed by atoms with Gasteiger partial charge in [0, 0.05) is 18.3 Å². The molecule has 34 heavy (non-hydrogen) atoms. The largest absolute Gasteiger partial charge is 0.494 e. The molecule has 0 aliphatic rings. The first-order chi connectivity index (χ1) is 16.4. The number of halogens is 1. The maximum absolute atomic E-state index is 14.0. The normalized spacial score (nSPS) is 11.3. The summed E-state index contributed by atoms with van der Waals surface area (Å²) in [6.07, 6.45) is 3.63. The van der Waals surface area contributed by atoms with Crippen LogP contribution in [0.4, 0.5) is 10.2 Å². The van der Waals surface area contributed by atoms with E-state index in [0.717, 1.165) is 30.5 Å². The zero-order valence-corrected chi connectivity index (χ0v) is 19.5. The van der Waals surface area contributed by atoms with Crippen molar-refractivity contribution in [3.8, 4) is 23.1 Å². The summed E-state index contributed by atoms with van der Waals surface area (Å²) < 4.78 is 27.2. The summed E-state index contributed by atoms with van der Waals surface area (Å²) in [5, 5.41) is 0. The summed E-state index contributed by atoms with van der Waals surface area (Å²) in [4.78, 5) is 19.4. The summed E-state index contributed by atoms with van der Waals surface area (Å²) in [5.74, 6) is 0.988. The lowest BCUT2D eigenvalue weighted by Gasteiger charge is -2.13. The highest BCUT2D eigenvalue weighted by atomic mass is 19.1. The Morgan fingerprint density at radius 3 is 2.71 bits per heavy atom. The molecule has 0 saturated heterocycles. The minimum absolute atomic E-state index is 0.163. The maximum Gasteiger partial charge on any atom is 0.320 e. The molecule has 4 aromatic rings. The van der Waals surface area contributed by atoms with Gasteiger partial charge in [-0.15, -0.1) is 0 Å². The first-order valence-electron chi connectivity index (χ1n) is 11.1.